The molecule has 0 radical (unpaired) electrons. The Morgan fingerprint density at radius 2 is 0.649 bits per heavy atom. The maximum Gasteiger partial charge on any atom is 0.164 e. The lowest BCUT2D eigenvalue weighted by Gasteiger charge is -2.18. The number of nitrogens with zero attached hydrogens (tertiary/aromatic N) is 8. The monoisotopic (exact) mass is 942 g/mol. The van der Waals surface area contributed by atoms with Gasteiger partial charge in [-0.15, -0.1) is 0 Å². The number of aromatic nitrogens is 5. The minimum atomic E-state index is 0.403. The van der Waals surface area contributed by atoms with Gasteiger partial charge in [0, 0.05) is 55.2 Å². The standard InChI is InChI=1S/C66H38N8/c67-39-42-15-13-18-44(35-42)58-37-47(73-60-27-9-5-22-51(60)52-23-6-10-28-61(52)73)31-33-56(58)65-70-64(55-26-4-3-21-50(55)49-20-2-1-17-46(49)41-69)71-66(72-65)57-34-32-48(38-59(57)45-19-14-16-43(36-45)40-68)74-62-29-11-7-24-53(62)54-25-8-12-30-63(54)74/h1-38H. The number of hydrogen-bond acceptors (Lipinski definition) is 6. The van der Waals surface area contributed by atoms with E-state index in [1.54, 1.807) is 12.1 Å². The van der Waals surface area contributed by atoms with Crippen molar-refractivity contribution in [1.29, 1.82) is 15.8 Å². The van der Waals surface area contributed by atoms with Crippen LogP contribution in [0.2, 0.25) is 0 Å². The molecule has 342 valence electrons. The van der Waals surface area contributed by atoms with E-state index in [4.69, 9.17) is 15.0 Å². The zero-order valence-electron chi connectivity index (χ0n) is 39.5. The van der Waals surface area contributed by atoms with Gasteiger partial charge in [-0.2, -0.15) is 15.8 Å². The summed E-state index contributed by atoms with van der Waals surface area (Å²) >= 11 is 0. The van der Waals surface area contributed by atoms with E-state index in [1.807, 2.05) is 84.9 Å². The van der Waals surface area contributed by atoms with E-state index in [0.717, 1.165) is 99.5 Å². The normalized spacial score (nSPS) is 11.2. The van der Waals surface area contributed by atoms with Crippen molar-refractivity contribution in [2.24, 2.45) is 0 Å². The van der Waals surface area contributed by atoms with Crippen LogP contribution in [0, 0.1) is 34.0 Å². The van der Waals surface area contributed by atoms with Gasteiger partial charge in [0.05, 0.1) is 57.0 Å². The Morgan fingerprint density at radius 3 is 1.07 bits per heavy atom. The fraction of sp³-hybridized carbons (Fsp3) is 0. The molecule has 74 heavy (non-hydrogen) atoms. The number of para-hydroxylation sites is 4. The molecule has 0 fully saturated rings. The van der Waals surface area contributed by atoms with E-state index >= 15 is 0 Å². The fourth-order valence-electron chi connectivity index (χ4n) is 10.6. The third-order valence-corrected chi connectivity index (χ3v) is 13.9. The van der Waals surface area contributed by atoms with Crippen LogP contribution >= 0.6 is 0 Å². The molecule has 8 heteroatoms. The van der Waals surface area contributed by atoms with Gasteiger partial charge < -0.3 is 9.13 Å². The summed E-state index contributed by atoms with van der Waals surface area (Å²) in [6, 6.07) is 84.1. The highest BCUT2D eigenvalue weighted by molar-refractivity contribution is 6.10. The molecule has 0 unspecified atom stereocenters. The Bertz CT molecular complexity index is 4210. The second-order valence-electron chi connectivity index (χ2n) is 18.1. The Labute approximate surface area is 425 Å². The SMILES string of the molecule is N#Cc1cccc(-c2cc(-n3c4ccccc4c4ccccc43)ccc2-c2nc(-c3ccc(-n4c5ccccc5c5ccccc54)cc3-c3cccc(C#N)c3)nc(-c3ccccc3-c3ccccc3C#N)n2)c1. The van der Waals surface area contributed by atoms with Crippen LogP contribution in [0.4, 0.5) is 0 Å². The van der Waals surface area contributed by atoms with Crippen LogP contribution in [0.5, 0.6) is 0 Å². The lowest BCUT2D eigenvalue weighted by Crippen LogP contribution is -2.04. The van der Waals surface area contributed by atoms with Gasteiger partial charge in [0.1, 0.15) is 0 Å². The fourth-order valence-corrected chi connectivity index (χ4v) is 10.6. The first kappa shape index (κ1) is 43.3. The summed E-state index contributed by atoms with van der Waals surface area (Å²) in [5.74, 6) is 1.21. The molecule has 8 nitrogen and oxygen atoms in total. The molecule has 0 spiro atoms. The third kappa shape index (κ3) is 7.25. The van der Waals surface area contributed by atoms with Crippen molar-refractivity contribution < 1.29 is 0 Å². The van der Waals surface area contributed by atoms with Gasteiger partial charge in [-0.05, 0) is 119 Å². The van der Waals surface area contributed by atoms with Gasteiger partial charge in [-0.3, -0.25) is 0 Å². The molecule has 0 aliphatic carbocycles. The summed E-state index contributed by atoms with van der Waals surface area (Å²) < 4.78 is 4.55. The number of fused-ring (bicyclic) bond motifs is 6. The van der Waals surface area contributed by atoms with E-state index in [9.17, 15) is 15.8 Å². The van der Waals surface area contributed by atoms with Crippen molar-refractivity contribution in [3.63, 3.8) is 0 Å². The molecule has 0 bridgehead atoms. The number of rotatable bonds is 8. The smallest absolute Gasteiger partial charge is 0.164 e. The highest BCUT2D eigenvalue weighted by Crippen LogP contribution is 2.42. The zero-order chi connectivity index (χ0) is 49.7. The van der Waals surface area contributed by atoms with Crippen LogP contribution in [-0.2, 0) is 0 Å². The predicted molar refractivity (Wildman–Crippen MR) is 295 cm³/mol. The van der Waals surface area contributed by atoms with Crippen molar-refractivity contribution in [2.75, 3.05) is 0 Å². The first-order valence-corrected chi connectivity index (χ1v) is 24.2. The first-order valence-electron chi connectivity index (χ1n) is 24.2. The molecule has 3 heterocycles. The van der Waals surface area contributed by atoms with Gasteiger partial charge in [0.2, 0.25) is 0 Å². The van der Waals surface area contributed by atoms with Gasteiger partial charge >= 0.3 is 0 Å². The maximum atomic E-state index is 10.4. The van der Waals surface area contributed by atoms with E-state index in [-0.39, 0.29) is 0 Å². The molecule has 0 saturated carbocycles. The van der Waals surface area contributed by atoms with Crippen molar-refractivity contribution >= 4 is 43.6 Å². The largest absolute Gasteiger partial charge is 0.309 e. The summed E-state index contributed by atoms with van der Waals surface area (Å²) in [6.45, 7) is 0. The highest BCUT2D eigenvalue weighted by atomic mass is 15.0. The first-order chi connectivity index (χ1) is 36.6. The van der Waals surface area contributed by atoms with Crippen LogP contribution < -0.4 is 0 Å². The molecule has 0 atom stereocenters. The van der Waals surface area contributed by atoms with Crippen LogP contribution in [0.3, 0.4) is 0 Å². The van der Waals surface area contributed by atoms with Crippen LogP contribution in [0.15, 0.2) is 231 Å². The average Bonchev–Trinajstić information content (AvgIpc) is 4.03. The van der Waals surface area contributed by atoms with Gasteiger partial charge in [-0.1, -0.05) is 140 Å². The molecule has 13 rings (SSSR count). The molecule has 13 aromatic rings. The number of hydrogen-bond donors (Lipinski definition) is 0. The van der Waals surface area contributed by atoms with E-state index < -0.39 is 0 Å². The van der Waals surface area contributed by atoms with Crippen molar-refractivity contribution in [1.82, 2.24) is 24.1 Å². The molecule has 0 N–H and O–H groups in total. The predicted octanol–water partition coefficient (Wildman–Crippen LogP) is 15.7. The Morgan fingerprint density at radius 1 is 0.284 bits per heavy atom. The van der Waals surface area contributed by atoms with Crippen molar-refractivity contribution in [3.05, 3.63) is 247 Å². The summed E-state index contributed by atoms with van der Waals surface area (Å²) in [4.78, 5) is 16.2. The van der Waals surface area contributed by atoms with Crippen molar-refractivity contribution in [2.45, 2.75) is 0 Å². The van der Waals surface area contributed by atoms with E-state index in [1.165, 1.54) is 0 Å². The molecular weight excluding hydrogens is 905 g/mol. The molecule has 10 aromatic carbocycles. The average molecular weight is 943 g/mol. The minimum Gasteiger partial charge on any atom is -0.309 e. The quantitative estimate of drug-likeness (QED) is 0.150. The molecular formula is C66H38N8. The highest BCUT2D eigenvalue weighted by Gasteiger charge is 2.23. The Balaban J connectivity index is 1.10. The van der Waals surface area contributed by atoms with Crippen LogP contribution in [-0.4, -0.2) is 24.1 Å². The second kappa shape index (κ2) is 17.9. The summed E-state index contributed by atoms with van der Waals surface area (Å²) in [5.41, 5.74) is 14.6. The van der Waals surface area contributed by atoms with Crippen molar-refractivity contribution in [3.8, 4) is 97.1 Å². The van der Waals surface area contributed by atoms with Crippen LogP contribution in [0.1, 0.15) is 16.7 Å². The minimum absolute atomic E-state index is 0.403. The topological polar surface area (TPSA) is 120 Å². The van der Waals surface area contributed by atoms with E-state index in [0.29, 0.717) is 39.7 Å². The van der Waals surface area contributed by atoms with Gasteiger partial charge in [-0.25, -0.2) is 15.0 Å². The lowest BCUT2D eigenvalue weighted by molar-refractivity contribution is 1.07. The Kier molecular flexibility index (Phi) is 10.5. The summed E-state index contributed by atoms with van der Waals surface area (Å²) in [6.07, 6.45) is 0. The lowest BCUT2D eigenvalue weighted by atomic mass is 9.94. The summed E-state index contributed by atoms with van der Waals surface area (Å²) in [7, 11) is 0. The van der Waals surface area contributed by atoms with Crippen LogP contribution in [0.25, 0.3) is 123 Å². The van der Waals surface area contributed by atoms with Gasteiger partial charge in [0.15, 0.2) is 17.5 Å². The molecule has 0 amide bonds. The third-order valence-electron chi connectivity index (χ3n) is 13.9. The maximum absolute atomic E-state index is 10.4. The van der Waals surface area contributed by atoms with E-state index in [2.05, 4.69) is 161 Å². The Hall–Kier alpha value is -10.7. The molecule has 0 aliphatic heterocycles. The number of nitriles is 3. The molecule has 0 saturated heterocycles. The molecule has 0 aliphatic rings. The van der Waals surface area contributed by atoms with Gasteiger partial charge in [0.25, 0.3) is 0 Å². The number of benzene rings is 10. The summed E-state index contributed by atoms with van der Waals surface area (Å²) in [5, 5.41) is 35.4. The second-order valence-corrected chi connectivity index (χ2v) is 18.1. The zero-order valence-corrected chi connectivity index (χ0v) is 39.5. The molecule has 3 aromatic heterocycles.